The Hall–Kier alpha value is -2.55. The van der Waals surface area contributed by atoms with Gasteiger partial charge in [-0.1, -0.05) is 12.1 Å². The quantitative estimate of drug-likeness (QED) is 0.544. The smallest absolute Gasteiger partial charge is 0.265 e. The maximum Gasteiger partial charge on any atom is 0.265 e. The van der Waals surface area contributed by atoms with Crippen LogP contribution in [0.3, 0.4) is 0 Å². The number of rotatable bonds is 6. The minimum Gasteiger partial charge on any atom is -0.495 e. The summed E-state index contributed by atoms with van der Waals surface area (Å²) in [5, 5.41) is 5.59. The fraction of sp³-hybridized carbons (Fsp3) is 0.333. The molecule has 32 heavy (non-hydrogen) atoms. The number of hydrogen-bond donors (Lipinski definition) is 2. The summed E-state index contributed by atoms with van der Waals surface area (Å²) in [4.78, 5) is 3.47. The molecule has 0 bridgehead atoms. The van der Waals surface area contributed by atoms with E-state index in [1.807, 2.05) is 31.2 Å². The standard InChI is InChI=1S/C24H29N3O3S2/c1-16-10-23(31-15-16)19-8-9-24(22(11-19)30-4)32(28,29)26-20-6-5-7-21(12-20)27-13-17(2)25-18(3)14-27/h5-12,15,17-18,25-26H,13-14H2,1-4H3/t17-,18+. The number of benzene rings is 2. The van der Waals surface area contributed by atoms with E-state index >= 15 is 0 Å². The predicted octanol–water partition coefficient (Wildman–Crippen LogP) is 4.72. The number of sulfonamides is 1. The van der Waals surface area contributed by atoms with Gasteiger partial charge in [0.25, 0.3) is 10.0 Å². The van der Waals surface area contributed by atoms with Crippen LogP contribution in [0.15, 0.2) is 58.8 Å². The average Bonchev–Trinajstić information content (AvgIpc) is 3.19. The van der Waals surface area contributed by atoms with Crippen molar-refractivity contribution >= 4 is 32.7 Å². The minimum absolute atomic E-state index is 0.117. The van der Waals surface area contributed by atoms with Gasteiger partial charge in [0.1, 0.15) is 10.6 Å². The Bertz CT molecular complexity index is 1200. The van der Waals surface area contributed by atoms with Gasteiger partial charge in [0.05, 0.1) is 12.8 Å². The number of piperazine rings is 1. The second kappa shape index (κ2) is 9.13. The highest BCUT2D eigenvalue weighted by Gasteiger charge is 2.23. The van der Waals surface area contributed by atoms with E-state index in [9.17, 15) is 8.42 Å². The number of nitrogens with zero attached hydrogens (tertiary/aromatic N) is 1. The number of methoxy groups -OCH3 is 1. The highest BCUT2D eigenvalue weighted by atomic mass is 32.2. The zero-order chi connectivity index (χ0) is 22.9. The predicted molar refractivity (Wildman–Crippen MR) is 133 cm³/mol. The largest absolute Gasteiger partial charge is 0.495 e. The number of anilines is 2. The van der Waals surface area contributed by atoms with Crippen LogP contribution in [0.2, 0.25) is 0 Å². The summed E-state index contributed by atoms with van der Waals surface area (Å²) >= 11 is 1.62. The number of nitrogens with one attached hydrogen (secondary N) is 2. The van der Waals surface area contributed by atoms with Crippen LogP contribution in [0.4, 0.5) is 11.4 Å². The molecule has 1 aromatic heterocycles. The summed E-state index contributed by atoms with van der Waals surface area (Å²) in [6.45, 7) is 8.09. The van der Waals surface area contributed by atoms with Gasteiger partial charge in [0.2, 0.25) is 0 Å². The molecule has 0 amide bonds. The summed E-state index contributed by atoms with van der Waals surface area (Å²) in [6, 6.07) is 15.6. The average molecular weight is 472 g/mol. The van der Waals surface area contributed by atoms with Crippen LogP contribution in [0.1, 0.15) is 19.4 Å². The molecule has 2 atom stereocenters. The van der Waals surface area contributed by atoms with Crippen molar-refractivity contribution < 1.29 is 13.2 Å². The topological polar surface area (TPSA) is 70.7 Å². The zero-order valence-corrected chi connectivity index (χ0v) is 20.4. The van der Waals surface area contributed by atoms with E-state index in [0.717, 1.165) is 29.2 Å². The maximum absolute atomic E-state index is 13.2. The molecule has 8 heteroatoms. The first-order chi connectivity index (χ1) is 15.2. The number of ether oxygens (including phenoxy) is 1. The molecule has 0 spiro atoms. The Kier molecular flexibility index (Phi) is 6.46. The van der Waals surface area contributed by atoms with Crippen molar-refractivity contribution in [2.45, 2.75) is 37.8 Å². The second-order valence-electron chi connectivity index (χ2n) is 8.38. The van der Waals surface area contributed by atoms with Crippen LogP contribution < -0.4 is 19.7 Å². The molecule has 1 saturated heterocycles. The van der Waals surface area contributed by atoms with Gasteiger partial charge in [0, 0.05) is 35.7 Å². The van der Waals surface area contributed by atoms with Gasteiger partial charge in [0.15, 0.2) is 0 Å². The molecular formula is C24H29N3O3S2. The lowest BCUT2D eigenvalue weighted by Crippen LogP contribution is -2.54. The van der Waals surface area contributed by atoms with Crippen molar-refractivity contribution in [1.29, 1.82) is 0 Å². The second-order valence-corrected chi connectivity index (χ2v) is 10.9. The number of thiophene rings is 1. The molecule has 0 aliphatic carbocycles. The molecule has 2 N–H and O–H groups in total. The molecule has 2 heterocycles. The Morgan fingerprint density at radius 3 is 2.50 bits per heavy atom. The molecular weight excluding hydrogens is 442 g/mol. The van der Waals surface area contributed by atoms with Crippen LogP contribution in [0.5, 0.6) is 5.75 Å². The molecule has 0 saturated carbocycles. The van der Waals surface area contributed by atoms with Crippen molar-refractivity contribution in [2.75, 3.05) is 29.8 Å². The van der Waals surface area contributed by atoms with Gasteiger partial charge in [-0.2, -0.15) is 0 Å². The maximum atomic E-state index is 13.2. The lowest BCUT2D eigenvalue weighted by molar-refractivity contribution is 0.403. The first-order valence-electron chi connectivity index (χ1n) is 10.6. The Morgan fingerprint density at radius 2 is 1.84 bits per heavy atom. The molecule has 170 valence electrons. The summed E-state index contributed by atoms with van der Waals surface area (Å²) in [5.74, 6) is 0.321. The van der Waals surface area contributed by atoms with Gasteiger partial charge in [-0.05, 0) is 73.7 Å². The third-order valence-electron chi connectivity index (χ3n) is 5.49. The molecule has 0 radical (unpaired) electrons. The van der Waals surface area contributed by atoms with Crippen LogP contribution in [0, 0.1) is 6.92 Å². The first kappa shape index (κ1) is 22.6. The van der Waals surface area contributed by atoms with Crippen LogP contribution in [-0.2, 0) is 10.0 Å². The summed E-state index contributed by atoms with van der Waals surface area (Å²) in [5.41, 5.74) is 3.64. The van der Waals surface area contributed by atoms with Crippen molar-refractivity contribution in [3.8, 4) is 16.2 Å². The van der Waals surface area contributed by atoms with Gasteiger partial charge < -0.3 is 15.0 Å². The number of aryl methyl sites for hydroxylation is 1. The third kappa shape index (κ3) is 4.92. The van der Waals surface area contributed by atoms with E-state index in [1.54, 1.807) is 29.5 Å². The lowest BCUT2D eigenvalue weighted by Gasteiger charge is -2.37. The van der Waals surface area contributed by atoms with Crippen molar-refractivity contribution in [3.63, 3.8) is 0 Å². The monoisotopic (exact) mass is 471 g/mol. The normalized spacial score (nSPS) is 19.1. The fourth-order valence-corrected chi connectivity index (χ4v) is 6.24. The van der Waals surface area contributed by atoms with Gasteiger partial charge in [-0.3, -0.25) is 4.72 Å². The van der Waals surface area contributed by atoms with Crippen LogP contribution in [-0.4, -0.2) is 40.7 Å². The van der Waals surface area contributed by atoms with Gasteiger partial charge >= 0.3 is 0 Å². The molecule has 4 rings (SSSR count). The SMILES string of the molecule is COc1cc(-c2cc(C)cs2)ccc1S(=O)(=O)Nc1cccc(N2C[C@@H](C)N[C@@H](C)C2)c1. The summed E-state index contributed by atoms with van der Waals surface area (Å²) in [7, 11) is -2.33. The van der Waals surface area contributed by atoms with E-state index < -0.39 is 10.0 Å². The molecule has 2 aromatic carbocycles. The van der Waals surface area contributed by atoms with E-state index in [2.05, 4.69) is 40.2 Å². The van der Waals surface area contributed by atoms with Crippen molar-refractivity contribution in [1.82, 2.24) is 5.32 Å². The van der Waals surface area contributed by atoms with Crippen LogP contribution in [0.25, 0.3) is 10.4 Å². The molecule has 1 aliphatic rings. The van der Waals surface area contributed by atoms with Gasteiger partial charge in [-0.25, -0.2) is 8.42 Å². The van der Waals surface area contributed by atoms with E-state index in [0.29, 0.717) is 23.5 Å². The van der Waals surface area contributed by atoms with E-state index in [1.165, 1.54) is 12.7 Å². The Morgan fingerprint density at radius 1 is 1.09 bits per heavy atom. The van der Waals surface area contributed by atoms with Gasteiger partial charge in [-0.15, -0.1) is 11.3 Å². The number of hydrogen-bond acceptors (Lipinski definition) is 6. The molecule has 0 unspecified atom stereocenters. The summed E-state index contributed by atoms with van der Waals surface area (Å²) < 4.78 is 34.6. The summed E-state index contributed by atoms with van der Waals surface area (Å²) in [6.07, 6.45) is 0. The lowest BCUT2D eigenvalue weighted by atomic mass is 10.1. The Balaban J connectivity index is 1.59. The first-order valence-corrected chi connectivity index (χ1v) is 13.0. The van der Waals surface area contributed by atoms with Crippen molar-refractivity contribution in [2.24, 2.45) is 0 Å². The van der Waals surface area contributed by atoms with Crippen molar-refractivity contribution in [3.05, 3.63) is 59.5 Å². The molecule has 1 fully saturated rings. The molecule has 3 aromatic rings. The third-order valence-corrected chi connectivity index (χ3v) is 8.01. The zero-order valence-electron chi connectivity index (χ0n) is 18.8. The highest BCUT2D eigenvalue weighted by Crippen LogP contribution is 2.34. The Labute approximate surface area is 194 Å². The molecule has 6 nitrogen and oxygen atoms in total. The highest BCUT2D eigenvalue weighted by molar-refractivity contribution is 7.92. The van der Waals surface area contributed by atoms with Crippen LogP contribution >= 0.6 is 11.3 Å². The molecule has 1 aliphatic heterocycles. The fourth-order valence-electron chi connectivity index (χ4n) is 4.14. The minimum atomic E-state index is -3.82. The van der Waals surface area contributed by atoms with E-state index in [4.69, 9.17) is 4.74 Å². The van der Waals surface area contributed by atoms with E-state index in [-0.39, 0.29) is 4.90 Å².